The van der Waals surface area contributed by atoms with Crippen LogP contribution < -0.4 is 0 Å². The molecule has 0 bridgehead atoms. The van der Waals surface area contributed by atoms with Crippen molar-refractivity contribution >= 4 is 5.97 Å². The van der Waals surface area contributed by atoms with E-state index in [0.717, 1.165) is 5.56 Å². The Kier molecular flexibility index (Phi) is 5.48. The molecule has 0 aliphatic carbocycles. The number of hydrogen-bond donors (Lipinski definition) is 1. The lowest BCUT2D eigenvalue weighted by Crippen LogP contribution is -2.29. The molecule has 0 spiro atoms. The summed E-state index contributed by atoms with van der Waals surface area (Å²) in [4.78, 5) is 11.9. The van der Waals surface area contributed by atoms with Crippen LogP contribution in [-0.4, -0.2) is 17.7 Å². The maximum absolute atomic E-state index is 13.3. The summed E-state index contributed by atoms with van der Waals surface area (Å²) in [7, 11) is 0. The van der Waals surface area contributed by atoms with E-state index in [0.29, 0.717) is 5.56 Å². The second kappa shape index (κ2) is 6.66. The zero-order valence-electron chi connectivity index (χ0n) is 11.8. The van der Waals surface area contributed by atoms with E-state index < -0.39 is 23.8 Å². The second-order valence-corrected chi connectivity index (χ2v) is 4.97. The number of aliphatic hydroxyl groups is 1. The Morgan fingerprint density at radius 3 is 2.58 bits per heavy atom. The minimum atomic E-state index is -1.06. The zero-order valence-corrected chi connectivity index (χ0v) is 11.8. The maximum Gasteiger partial charge on any atom is 0.312 e. The summed E-state index contributed by atoms with van der Waals surface area (Å²) in [6.45, 7) is 7.42. The van der Waals surface area contributed by atoms with Gasteiger partial charge in [-0.2, -0.15) is 0 Å². The smallest absolute Gasteiger partial charge is 0.312 e. The lowest BCUT2D eigenvalue weighted by molar-refractivity contribution is -0.154. The van der Waals surface area contributed by atoms with Gasteiger partial charge in [-0.05, 0) is 43.0 Å². The van der Waals surface area contributed by atoms with Crippen LogP contribution in [0.2, 0.25) is 0 Å². The topological polar surface area (TPSA) is 46.5 Å². The highest BCUT2D eigenvalue weighted by molar-refractivity contribution is 5.73. The van der Waals surface area contributed by atoms with Crippen LogP contribution >= 0.6 is 0 Å². The van der Waals surface area contributed by atoms with E-state index in [-0.39, 0.29) is 12.5 Å². The summed E-state index contributed by atoms with van der Waals surface area (Å²) in [5, 5.41) is 10.4. The van der Waals surface area contributed by atoms with Gasteiger partial charge in [-0.3, -0.25) is 4.79 Å². The molecule has 0 fully saturated rings. The predicted molar refractivity (Wildman–Crippen MR) is 71.1 cm³/mol. The van der Waals surface area contributed by atoms with Crippen LogP contribution in [0.3, 0.4) is 0 Å². The van der Waals surface area contributed by atoms with Crippen LogP contribution in [0.1, 0.15) is 38.0 Å². The Bertz CT molecular complexity index is 443. The number of aliphatic hydroxyl groups excluding tert-OH is 1. The molecule has 19 heavy (non-hydrogen) atoms. The molecule has 0 heterocycles. The first-order chi connectivity index (χ1) is 8.88. The Labute approximate surface area is 113 Å². The molecule has 2 unspecified atom stereocenters. The first-order valence-electron chi connectivity index (χ1n) is 6.49. The van der Waals surface area contributed by atoms with Gasteiger partial charge in [0.2, 0.25) is 0 Å². The van der Waals surface area contributed by atoms with Crippen LogP contribution in [-0.2, 0) is 9.53 Å². The lowest BCUT2D eigenvalue weighted by atomic mass is 9.85. The summed E-state index contributed by atoms with van der Waals surface area (Å²) >= 11 is 0. The third-order valence-electron chi connectivity index (χ3n) is 3.18. The van der Waals surface area contributed by atoms with E-state index in [1.54, 1.807) is 19.9 Å². The SMILES string of the molecule is CCOC(=O)C(C(C)C)C(O)c1cc(F)ccc1C. The molecule has 0 saturated carbocycles. The molecule has 1 aromatic carbocycles. The molecule has 1 N–H and O–H groups in total. The molecule has 0 saturated heterocycles. The molecule has 1 rings (SSSR count). The van der Waals surface area contributed by atoms with Gasteiger partial charge in [-0.25, -0.2) is 4.39 Å². The van der Waals surface area contributed by atoms with Gasteiger partial charge in [0, 0.05) is 0 Å². The number of hydrogen-bond acceptors (Lipinski definition) is 3. The van der Waals surface area contributed by atoms with Crippen molar-refractivity contribution in [3.63, 3.8) is 0 Å². The van der Waals surface area contributed by atoms with Crippen molar-refractivity contribution in [3.05, 3.63) is 35.1 Å². The molecule has 0 aliphatic rings. The van der Waals surface area contributed by atoms with E-state index in [1.165, 1.54) is 12.1 Å². The minimum absolute atomic E-state index is 0.100. The van der Waals surface area contributed by atoms with Gasteiger partial charge in [-0.15, -0.1) is 0 Å². The highest BCUT2D eigenvalue weighted by Gasteiger charge is 2.33. The van der Waals surface area contributed by atoms with Gasteiger partial charge in [0.05, 0.1) is 18.6 Å². The Hall–Kier alpha value is -1.42. The number of esters is 1. The van der Waals surface area contributed by atoms with Crippen molar-refractivity contribution in [2.45, 2.75) is 33.8 Å². The Morgan fingerprint density at radius 1 is 1.42 bits per heavy atom. The summed E-state index contributed by atoms with van der Waals surface area (Å²) in [6.07, 6.45) is -1.06. The minimum Gasteiger partial charge on any atom is -0.466 e. The summed E-state index contributed by atoms with van der Waals surface area (Å²) < 4.78 is 18.3. The number of aryl methyl sites for hydroxylation is 1. The highest BCUT2D eigenvalue weighted by Crippen LogP contribution is 2.31. The summed E-state index contributed by atoms with van der Waals surface area (Å²) in [5.74, 6) is -1.67. The third-order valence-corrected chi connectivity index (χ3v) is 3.18. The normalized spacial score (nSPS) is 14.3. The van der Waals surface area contributed by atoms with Crippen LogP contribution in [0.4, 0.5) is 4.39 Å². The molecular formula is C15H21FO3. The van der Waals surface area contributed by atoms with E-state index in [1.807, 2.05) is 13.8 Å². The summed E-state index contributed by atoms with van der Waals surface area (Å²) in [5.41, 5.74) is 1.19. The van der Waals surface area contributed by atoms with Crippen molar-refractivity contribution in [3.8, 4) is 0 Å². The molecule has 4 heteroatoms. The van der Waals surface area contributed by atoms with E-state index >= 15 is 0 Å². The molecule has 3 nitrogen and oxygen atoms in total. The largest absolute Gasteiger partial charge is 0.466 e. The third kappa shape index (κ3) is 3.77. The first kappa shape index (κ1) is 15.6. The van der Waals surface area contributed by atoms with Crippen molar-refractivity contribution in [1.29, 1.82) is 0 Å². The molecule has 2 atom stereocenters. The monoisotopic (exact) mass is 268 g/mol. The average Bonchev–Trinajstić information content (AvgIpc) is 2.32. The second-order valence-electron chi connectivity index (χ2n) is 4.97. The molecule has 1 aromatic rings. The maximum atomic E-state index is 13.3. The fraction of sp³-hybridized carbons (Fsp3) is 0.533. The fourth-order valence-corrected chi connectivity index (χ4v) is 2.13. The Balaban J connectivity index is 3.08. The van der Waals surface area contributed by atoms with Crippen molar-refractivity contribution in [2.24, 2.45) is 11.8 Å². The summed E-state index contributed by atoms with van der Waals surface area (Å²) in [6, 6.07) is 4.20. The number of ether oxygens (including phenoxy) is 1. The van der Waals surface area contributed by atoms with E-state index in [2.05, 4.69) is 0 Å². The molecule has 0 amide bonds. The molecule has 0 aromatic heterocycles. The number of rotatable bonds is 5. The van der Waals surface area contributed by atoms with Crippen molar-refractivity contribution < 1.29 is 19.0 Å². The van der Waals surface area contributed by atoms with E-state index in [4.69, 9.17) is 4.74 Å². The fourth-order valence-electron chi connectivity index (χ4n) is 2.13. The van der Waals surface area contributed by atoms with Gasteiger partial charge < -0.3 is 9.84 Å². The first-order valence-corrected chi connectivity index (χ1v) is 6.49. The van der Waals surface area contributed by atoms with Crippen LogP contribution in [0.5, 0.6) is 0 Å². The van der Waals surface area contributed by atoms with Gasteiger partial charge in [0.1, 0.15) is 5.82 Å². The van der Waals surface area contributed by atoms with Crippen LogP contribution in [0.15, 0.2) is 18.2 Å². The Morgan fingerprint density at radius 2 is 2.05 bits per heavy atom. The van der Waals surface area contributed by atoms with Gasteiger partial charge in [0.15, 0.2) is 0 Å². The van der Waals surface area contributed by atoms with E-state index in [9.17, 15) is 14.3 Å². The van der Waals surface area contributed by atoms with Gasteiger partial charge in [0.25, 0.3) is 0 Å². The van der Waals surface area contributed by atoms with Gasteiger partial charge in [-0.1, -0.05) is 19.9 Å². The molecule has 0 aliphatic heterocycles. The number of benzene rings is 1. The predicted octanol–water partition coefficient (Wildman–Crippen LogP) is 3.00. The van der Waals surface area contributed by atoms with Gasteiger partial charge >= 0.3 is 5.97 Å². The standard InChI is InChI=1S/C15H21FO3/c1-5-19-15(18)13(9(2)3)14(17)12-8-11(16)7-6-10(12)4/h6-9,13-14,17H,5H2,1-4H3. The van der Waals surface area contributed by atoms with Crippen molar-refractivity contribution in [2.75, 3.05) is 6.61 Å². The lowest BCUT2D eigenvalue weighted by Gasteiger charge is -2.25. The van der Waals surface area contributed by atoms with Crippen molar-refractivity contribution in [1.82, 2.24) is 0 Å². The van der Waals surface area contributed by atoms with Crippen LogP contribution in [0, 0.1) is 24.6 Å². The number of halogens is 1. The average molecular weight is 268 g/mol. The number of carbonyl (C=O) groups is 1. The number of carbonyl (C=O) groups excluding carboxylic acids is 1. The molecule has 0 radical (unpaired) electrons. The van der Waals surface area contributed by atoms with Crippen LogP contribution in [0.25, 0.3) is 0 Å². The zero-order chi connectivity index (χ0) is 14.6. The molecular weight excluding hydrogens is 247 g/mol. The quantitative estimate of drug-likeness (QED) is 0.835. The highest BCUT2D eigenvalue weighted by atomic mass is 19.1. The molecule has 106 valence electrons.